The summed E-state index contributed by atoms with van der Waals surface area (Å²) >= 11 is 1.48. The topological polar surface area (TPSA) is 66.5 Å². The molecular weight excluding hydrogens is 300 g/mol. The van der Waals surface area contributed by atoms with Gasteiger partial charge in [0.05, 0.1) is 23.4 Å². The standard InChI is InChI=1S/C15H20N4O2S/c1-11(19-6-8-21-9-7-19)10-16-14(20)18-15-17-12-4-2-3-5-13(12)22-15/h2-5,11H,6-10H2,1H3,(H2,16,17,18,20). The van der Waals surface area contributed by atoms with Crippen LogP contribution >= 0.6 is 11.3 Å². The molecule has 118 valence electrons. The lowest BCUT2D eigenvalue weighted by atomic mass is 10.2. The Hall–Kier alpha value is -1.70. The zero-order valence-electron chi connectivity index (χ0n) is 12.5. The number of carbonyl (C=O) groups excluding carboxylic acids is 1. The largest absolute Gasteiger partial charge is 0.379 e. The minimum atomic E-state index is -0.209. The maximum atomic E-state index is 12.0. The number of benzene rings is 1. The Morgan fingerprint density at radius 2 is 2.18 bits per heavy atom. The molecule has 0 radical (unpaired) electrons. The fourth-order valence-corrected chi connectivity index (χ4v) is 3.32. The lowest BCUT2D eigenvalue weighted by Gasteiger charge is -2.32. The first kappa shape index (κ1) is 15.2. The monoisotopic (exact) mass is 320 g/mol. The maximum Gasteiger partial charge on any atom is 0.321 e. The first-order chi connectivity index (χ1) is 10.7. The Morgan fingerprint density at radius 3 is 2.95 bits per heavy atom. The van der Waals surface area contributed by atoms with Crippen molar-refractivity contribution in [2.45, 2.75) is 13.0 Å². The van der Waals surface area contributed by atoms with Gasteiger partial charge in [0.1, 0.15) is 0 Å². The first-order valence-corrected chi connectivity index (χ1v) is 8.26. The number of carbonyl (C=O) groups is 1. The van der Waals surface area contributed by atoms with Gasteiger partial charge in [0.25, 0.3) is 0 Å². The molecule has 1 aliphatic heterocycles. The van der Waals surface area contributed by atoms with Crippen molar-refractivity contribution in [3.05, 3.63) is 24.3 Å². The van der Waals surface area contributed by atoms with Gasteiger partial charge in [-0.25, -0.2) is 9.78 Å². The molecular formula is C15H20N4O2S. The molecule has 0 spiro atoms. The summed E-state index contributed by atoms with van der Waals surface area (Å²) in [6, 6.07) is 7.93. The lowest BCUT2D eigenvalue weighted by molar-refractivity contribution is 0.0209. The van der Waals surface area contributed by atoms with Crippen molar-refractivity contribution < 1.29 is 9.53 Å². The van der Waals surface area contributed by atoms with E-state index in [1.807, 2.05) is 24.3 Å². The zero-order chi connectivity index (χ0) is 15.4. The van der Waals surface area contributed by atoms with Crippen molar-refractivity contribution in [2.24, 2.45) is 0 Å². The quantitative estimate of drug-likeness (QED) is 0.906. The molecule has 1 unspecified atom stereocenters. The third kappa shape index (κ3) is 3.73. The highest BCUT2D eigenvalue weighted by Gasteiger charge is 2.17. The fourth-order valence-electron chi connectivity index (χ4n) is 2.45. The molecule has 1 aliphatic rings. The molecule has 2 heterocycles. The first-order valence-electron chi connectivity index (χ1n) is 7.44. The number of rotatable bonds is 4. The summed E-state index contributed by atoms with van der Waals surface area (Å²) in [6.45, 7) is 6.09. The number of urea groups is 1. The number of ether oxygens (including phenoxy) is 1. The van der Waals surface area contributed by atoms with Crippen LogP contribution in [0.4, 0.5) is 9.93 Å². The van der Waals surface area contributed by atoms with Gasteiger partial charge >= 0.3 is 6.03 Å². The number of fused-ring (bicyclic) bond motifs is 1. The lowest BCUT2D eigenvalue weighted by Crippen LogP contribution is -2.47. The van der Waals surface area contributed by atoms with Gasteiger partial charge in [-0.3, -0.25) is 10.2 Å². The van der Waals surface area contributed by atoms with Gasteiger partial charge in [-0.2, -0.15) is 0 Å². The number of para-hydroxylation sites is 1. The highest BCUT2D eigenvalue weighted by Crippen LogP contribution is 2.25. The van der Waals surface area contributed by atoms with E-state index in [0.717, 1.165) is 36.5 Å². The third-order valence-electron chi connectivity index (χ3n) is 3.74. The predicted molar refractivity (Wildman–Crippen MR) is 88.5 cm³/mol. The number of thiazole rings is 1. The van der Waals surface area contributed by atoms with Crippen LogP contribution in [-0.4, -0.2) is 54.8 Å². The second kappa shape index (κ2) is 7.04. The predicted octanol–water partition coefficient (Wildman–Crippen LogP) is 2.14. The molecule has 0 bridgehead atoms. The van der Waals surface area contributed by atoms with E-state index in [1.54, 1.807) is 0 Å². The van der Waals surface area contributed by atoms with Gasteiger partial charge in [-0.15, -0.1) is 0 Å². The molecule has 6 nitrogen and oxygen atoms in total. The van der Waals surface area contributed by atoms with Gasteiger partial charge in [-0.1, -0.05) is 23.5 Å². The Morgan fingerprint density at radius 1 is 1.41 bits per heavy atom. The summed E-state index contributed by atoms with van der Waals surface area (Å²) < 4.78 is 6.40. The molecule has 1 atom stereocenters. The minimum absolute atomic E-state index is 0.209. The van der Waals surface area contributed by atoms with Crippen molar-refractivity contribution in [1.82, 2.24) is 15.2 Å². The van der Waals surface area contributed by atoms with E-state index in [1.165, 1.54) is 11.3 Å². The van der Waals surface area contributed by atoms with Crippen LogP contribution in [0.3, 0.4) is 0 Å². The summed E-state index contributed by atoms with van der Waals surface area (Å²) in [5.74, 6) is 0. The molecule has 3 rings (SSSR count). The van der Waals surface area contributed by atoms with Crippen LogP contribution in [-0.2, 0) is 4.74 Å². The van der Waals surface area contributed by atoms with Crippen molar-refractivity contribution in [2.75, 3.05) is 38.2 Å². The number of hydrogen-bond donors (Lipinski definition) is 2. The van der Waals surface area contributed by atoms with Gasteiger partial charge in [0.15, 0.2) is 5.13 Å². The fraction of sp³-hybridized carbons (Fsp3) is 0.467. The van der Waals surface area contributed by atoms with Crippen LogP contribution < -0.4 is 10.6 Å². The van der Waals surface area contributed by atoms with E-state index in [-0.39, 0.29) is 6.03 Å². The number of anilines is 1. The van der Waals surface area contributed by atoms with E-state index < -0.39 is 0 Å². The Labute approximate surface area is 133 Å². The van der Waals surface area contributed by atoms with Gasteiger partial charge < -0.3 is 10.1 Å². The highest BCUT2D eigenvalue weighted by atomic mass is 32.1. The second-order valence-corrected chi connectivity index (χ2v) is 6.35. The Bertz CT molecular complexity index is 606. The molecule has 2 aromatic rings. The zero-order valence-corrected chi connectivity index (χ0v) is 13.4. The molecule has 1 saturated heterocycles. The average molecular weight is 320 g/mol. The van der Waals surface area contributed by atoms with E-state index in [9.17, 15) is 4.79 Å². The van der Waals surface area contributed by atoms with Crippen LogP contribution in [0.5, 0.6) is 0 Å². The Kier molecular flexibility index (Phi) is 4.87. The SMILES string of the molecule is CC(CNC(=O)Nc1nc2ccccc2s1)N1CCOCC1. The van der Waals surface area contributed by atoms with Crippen LogP contribution in [0.2, 0.25) is 0 Å². The van der Waals surface area contributed by atoms with E-state index >= 15 is 0 Å². The number of aromatic nitrogens is 1. The average Bonchev–Trinajstić information content (AvgIpc) is 2.95. The Balaban J connectivity index is 1.49. The van der Waals surface area contributed by atoms with Gasteiger partial charge in [0, 0.05) is 25.7 Å². The number of morpholine rings is 1. The summed E-state index contributed by atoms with van der Waals surface area (Å²) in [6.07, 6.45) is 0. The summed E-state index contributed by atoms with van der Waals surface area (Å²) in [7, 11) is 0. The third-order valence-corrected chi connectivity index (χ3v) is 4.69. The van der Waals surface area contributed by atoms with E-state index in [4.69, 9.17) is 4.74 Å². The highest BCUT2D eigenvalue weighted by molar-refractivity contribution is 7.22. The molecule has 1 fully saturated rings. The van der Waals surface area contributed by atoms with E-state index in [2.05, 4.69) is 27.4 Å². The van der Waals surface area contributed by atoms with Crippen molar-refractivity contribution in [1.29, 1.82) is 0 Å². The molecule has 22 heavy (non-hydrogen) atoms. The molecule has 1 aromatic carbocycles. The number of nitrogens with one attached hydrogen (secondary N) is 2. The van der Waals surface area contributed by atoms with Crippen LogP contribution in [0.1, 0.15) is 6.92 Å². The minimum Gasteiger partial charge on any atom is -0.379 e. The van der Waals surface area contributed by atoms with Gasteiger partial charge in [0.2, 0.25) is 0 Å². The molecule has 0 saturated carbocycles. The molecule has 2 N–H and O–H groups in total. The van der Waals surface area contributed by atoms with Crippen molar-refractivity contribution in [3.8, 4) is 0 Å². The molecule has 2 amide bonds. The smallest absolute Gasteiger partial charge is 0.321 e. The second-order valence-electron chi connectivity index (χ2n) is 5.32. The molecule has 7 heteroatoms. The van der Waals surface area contributed by atoms with Crippen molar-refractivity contribution in [3.63, 3.8) is 0 Å². The summed E-state index contributed by atoms with van der Waals surface area (Å²) in [5, 5.41) is 6.33. The van der Waals surface area contributed by atoms with Crippen molar-refractivity contribution >= 4 is 32.7 Å². The molecule has 0 aliphatic carbocycles. The summed E-state index contributed by atoms with van der Waals surface area (Å²) in [4.78, 5) is 18.7. The normalized spacial score (nSPS) is 17.3. The number of amides is 2. The number of nitrogens with zero attached hydrogens (tertiary/aromatic N) is 2. The maximum absolute atomic E-state index is 12.0. The van der Waals surface area contributed by atoms with Gasteiger partial charge in [-0.05, 0) is 19.1 Å². The van der Waals surface area contributed by atoms with Crippen LogP contribution in [0.25, 0.3) is 10.2 Å². The van der Waals surface area contributed by atoms with E-state index in [0.29, 0.717) is 17.7 Å². The van der Waals surface area contributed by atoms with Crippen LogP contribution in [0.15, 0.2) is 24.3 Å². The van der Waals surface area contributed by atoms with Crippen LogP contribution in [0, 0.1) is 0 Å². The number of hydrogen-bond acceptors (Lipinski definition) is 5. The summed E-state index contributed by atoms with van der Waals surface area (Å²) in [5.41, 5.74) is 0.907. The molecule has 1 aromatic heterocycles.